The van der Waals surface area contributed by atoms with E-state index in [0.717, 1.165) is 5.56 Å². The second kappa shape index (κ2) is 6.06. The van der Waals surface area contributed by atoms with Crippen molar-refractivity contribution in [1.29, 1.82) is 0 Å². The van der Waals surface area contributed by atoms with Gasteiger partial charge in [-0.25, -0.2) is 4.39 Å². The average Bonchev–Trinajstić information content (AvgIpc) is 2.91. The first-order valence-electron chi connectivity index (χ1n) is 6.46. The highest BCUT2D eigenvalue weighted by Crippen LogP contribution is 2.43. The van der Waals surface area contributed by atoms with E-state index in [1.807, 2.05) is 35.7 Å². The maximum atomic E-state index is 13.7. The van der Waals surface area contributed by atoms with Crippen LogP contribution in [0.25, 0.3) is 0 Å². The average molecular weight is 293 g/mol. The van der Waals surface area contributed by atoms with Crippen molar-refractivity contribution in [3.63, 3.8) is 0 Å². The summed E-state index contributed by atoms with van der Waals surface area (Å²) in [6, 6.07) is 11.2. The van der Waals surface area contributed by atoms with Crippen LogP contribution >= 0.6 is 23.5 Å². The van der Waals surface area contributed by atoms with Gasteiger partial charge in [-0.15, -0.1) is 23.5 Å². The third kappa shape index (κ3) is 3.00. The zero-order valence-corrected chi connectivity index (χ0v) is 12.2. The Kier molecular flexibility index (Phi) is 4.18. The minimum atomic E-state index is -0.119. The molecule has 0 saturated carbocycles. The van der Waals surface area contributed by atoms with Crippen LogP contribution in [-0.2, 0) is 6.54 Å². The zero-order valence-electron chi connectivity index (χ0n) is 10.6. The molecule has 2 heterocycles. The third-order valence-electron chi connectivity index (χ3n) is 3.23. The molecule has 1 aliphatic heterocycles. The first kappa shape index (κ1) is 13.1. The fourth-order valence-electron chi connectivity index (χ4n) is 2.25. The summed E-state index contributed by atoms with van der Waals surface area (Å²) in [6.07, 6.45) is 3.34. The van der Waals surface area contributed by atoms with Gasteiger partial charge in [0, 0.05) is 17.5 Å². The number of hydrogen-bond donors (Lipinski definition) is 0. The van der Waals surface area contributed by atoms with Crippen molar-refractivity contribution in [3.05, 3.63) is 59.7 Å². The minimum Gasteiger partial charge on any atom is -0.345 e. The zero-order chi connectivity index (χ0) is 13.1. The normalized spacial score (nSPS) is 16.7. The van der Waals surface area contributed by atoms with Gasteiger partial charge in [0.25, 0.3) is 0 Å². The standard InChI is InChI=1S/C15H16FNS2/c16-13-6-2-1-5-12(13)11-17-8-3-7-14(17)15-18-9-4-10-19-15/h1-3,5-8,15H,4,9-11H2. The molecule has 0 bridgehead atoms. The molecule has 1 aliphatic rings. The Hall–Kier alpha value is -0.870. The van der Waals surface area contributed by atoms with Crippen LogP contribution in [0.3, 0.4) is 0 Å². The summed E-state index contributed by atoms with van der Waals surface area (Å²) in [4.78, 5) is 0. The minimum absolute atomic E-state index is 0.119. The smallest absolute Gasteiger partial charge is 0.128 e. The lowest BCUT2D eigenvalue weighted by Crippen LogP contribution is -2.09. The molecule has 0 spiro atoms. The van der Waals surface area contributed by atoms with Gasteiger partial charge < -0.3 is 4.57 Å². The van der Waals surface area contributed by atoms with Crippen LogP contribution in [0.4, 0.5) is 4.39 Å². The number of nitrogens with zero attached hydrogens (tertiary/aromatic N) is 1. The summed E-state index contributed by atoms with van der Waals surface area (Å²) in [5, 5.41) is 0. The highest BCUT2D eigenvalue weighted by atomic mass is 32.2. The van der Waals surface area contributed by atoms with Crippen molar-refractivity contribution in [2.45, 2.75) is 17.5 Å². The maximum Gasteiger partial charge on any atom is 0.128 e. The van der Waals surface area contributed by atoms with Gasteiger partial charge in [0.05, 0.1) is 11.1 Å². The van der Waals surface area contributed by atoms with Crippen molar-refractivity contribution < 1.29 is 4.39 Å². The molecule has 3 rings (SSSR count). The second-order valence-corrected chi connectivity index (χ2v) is 7.30. The fraction of sp³-hybridized carbons (Fsp3) is 0.333. The molecule has 1 fully saturated rings. The van der Waals surface area contributed by atoms with E-state index in [1.165, 1.54) is 29.7 Å². The summed E-state index contributed by atoms with van der Waals surface area (Å²) in [6.45, 7) is 0.618. The Morgan fingerprint density at radius 3 is 2.68 bits per heavy atom. The lowest BCUT2D eigenvalue weighted by Gasteiger charge is -2.22. The number of halogens is 1. The van der Waals surface area contributed by atoms with E-state index in [4.69, 9.17) is 0 Å². The van der Waals surface area contributed by atoms with Crippen LogP contribution in [-0.4, -0.2) is 16.1 Å². The molecule has 0 atom stereocenters. The van der Waals surface area contributed by atoms with Crippen molar-refractivity contribution in [2.75, 3.05) is 11.5 Å². The molecule has 1 aromatic carbocycles. The van der Waals surface area contributed by atoms with E-state index in [9.17, 15) is 4.39 Å². The lowest BCUT2D eigenvalue weighted by molar-refractivity contribution is 0.597. The van der Waals surface area contributed by atoms with Gasteiger partial charge in [0.1, 0.15) is 5.82 Å². The topological polar surface area (TPSA) is 4.93 Å². The largest absolute Gasteiger partial charge is 0.345 e. The molecule has 2 aromatic rings. The molecule has 0 radical (unpaired) electrons. The molecule has 0 unspecified atom stereocenters. The molecule has 0 amide bonds. The van der Waals surface area contributed by atoms with E-state index < -0.39 is 0 Å². The lowest BCUT2D eigenvalue weighted by atomic mass is 10.2. The Balaban J connectivity index is 1.82. The van der Waals surface area contributed by atoms with Crippen LogP contribution in [0.2, 0.25) is 0 Å². The molecule has 100 valence electrons. The summed E-state index contributed by atoms with van der Waals surface area (Å²) >= 11 is 4.00. The molecule has 0 aliphatic carbocycles. The summed E-state index contributed by atoms with van der Waals surface area (Å²) in [5.41, 5.74) is 2.06. The fourth-order valence-corrected chi connectivity index (χ4v) is 5.22. The van der Waals surface area contributed by atoms with Crippen LogP contribution in [0.1, 0.15) is 22.3 Å². The van der Waals surface area contributed by atoms with Crippen LogP contribution in [0, 0.1) is 5.82 Å². The molecule has 1 aromatic heterocycles. The summed E-state index contributed by atoms with van der Waals surface area (Å²) < 4.78 is 16.4. The number of benzene rings is 1. The van der Waals surface area contributed by atoms with E-state index >= 15 is 0 Å². The van der Waals surface area contributed by atoms with Gasteiger partial charge in [-0.2, -0.15) is 0 Å². The third-order valence-corrected chi connectivity index (χ3v) is 6.19. The Labute approximate surface area is 121 Å². The highest BCUT2D eigenvalue weighted by Gasteiger charge is 2.19. The van der Waals surface area contributed by atoms with E-state index in [2.05, 4.69) is 22.9 Å². The predicted octanol–water partition coefficient (Wildman–Crippen LogP) is 4.54. The summed E-state index contributed by atoms with van der Waals surface area (Å²) in [5.74, 6) is 2.33. The first-order valence-corrected chi connectivity index (χ1v) is 8.56. The number of thioether (sulfide) groups is 2. The first-order chi connectivity index (χ1) is 9.34. The molecular weight excluding hydrogens is 277 g/mol. The number of rotatable bonds is 3. The predicted molar refractivity (Wildman–Crippen MR) is 82.2 cm³/mol. The molecule has 4 heteroatoms. The van der Waals surface area contributed by atoms with Crippen LogP contribution in [0.15, 0.2) is 42.6 Å². The highest BCUT2D eigenvalue weighted by molar-refractivity contribution is 8.16. The second-order valence-electron chi connectivity index (χ2n) is 4.58. The molecule has 19 heavy (non-hydrogen) atoms. The van der Waals surface area contributed by atoms with Gasteiger partial charge in [-0.3, -0.25) is 0 Å². The van der Waals surface area contributed by atoms with E-state index in [0.29, 0.717) is 11.1 Å². The van der Waals surface area contributed by atoms with Gasteiger partial charge >= 0.3 is 0 Å². The van der Waals surface area contributed by atoms with Gasteiger partial charge in [-0.05, 0) is 36.1 Å². The van der Waals surface area contributed by atoms with Gasteiger partial charge in [0.15, 0.2) is 0 Å². The van der Waals surface area contributed by atoms with Crippen molar-refractivity contribution in [2.24, 2.45) is 0 Å². The van der Waals surface area contributed by atoms with E-state index in [1.54, 1.807) is 6.07 Å². The Bertz CT molecular complexity index is 547. The Morgan fingerprint density at radius 1 is 1.11 bits per heavy atom. The van der Waals surface area contributed by atoms with Gasteiger partial charge in [-0.1, -0.05) is 18.2 Å². The maximum absolute atomic E-state index is 13.7. The SMILES string of the molecule is Fc1ccccc1Cn1cccc1C1SCCCS1. The Morgan fingerprint density at radius 2 is 1.89 bits per heavy atom. The molecule has 1 saturated heterocycles. The molecule has 1 nitrogen and oxygen atoms in total. The quantitative estimate of drug-likeness (QED) is 0.818. The van der Waals surface area contributed by atoms with Crippen LogP contribution in [0.5, 0.6) is 0 Å². The van der Waals surface area contributed by atoms with Crippen molar-refractivity contribution in [1.82, 2.24) is 4.57 Å². The van der Waals surface area contributed by atoms with Crippen LogP contribution < -0.4 is 0 Å². The molecular formula is C15H16FNS2. The molecule has 0 N–H and O–H groups in total. The monoisotopic (exact) mass is 293 g/mol. The van der Waals surface area contributed by atoms with Crippen molar-refractivity contribution in [3.8, 4) is 0 Å². The summed E-state index contributed by atoms with van der Waals surface area (Å²) in [7, 11) is 0. The van der Waals surface area contributed by atoms with Crippen molar-refractivity contribution >= 4 is 23.5 Å². The van der Waals surface area contributed by atoms with Gasteiger partial charge in [0.2, 0.25) is 0 Å². The number of aromatic nitrogens is 1. The number of hydrogen-bond acceptors (Lipinski definition) is 2. The van der Waals surface area contributed by atoms with E-state index in [-0.39, 0.29) is 5.82 Å².